The van der Waals surface area contributed by atoms with Crippen molar-refractivity contribution < 1.29 is 4.84 Å². The molecule has 26 heavy (non-hydrogen) atoms. The highest BCUT2D eigenvalue weighted by Gasteiger charge is 2.16. The van der Waals surface area contributed by atoms with Crippen molar-refractivity contribution in [3.63, 3.8) is 0 Å². The number of rotatable bonds is 4. The number of anilines is 1. The van der Waals surface area contributed by atoms with Crippen LogP contribution in [-0.4, -0.2) is 9.38 Å². The minimum absolute atomic E-state index is 0.0160. The molecule has 0 unspecified atom stereocenters. The highest BCUT2D eigenvalue weighted by Crippen LogP contribution is 2.24. The molecule has 0 aliphatic heterocycles. The Hall–Kier alpha value is -2.76. The highest BCUT2D eigenvalue weighted by molar-refractivity contribution is 6.33. The molecule has 0 saturated carbocycles. The zero-order valence-corrected chi connectivity index (χ0v) is 15.2. The molecule has 2 N–H and O–H groups in total. The van der Waals surface area contributed by atoms with E-state index in [0.717, 1.165) is 27.8 Å². The van der Waals surface area contributed by atoms with Crippen LogP contribution in [0.25, 0.3) is 16.7 Å². The molecule has 0 amide bonds. The third kappa shape index (κ3) is 2.66. The maximum absolute atomic E-state index is 12.8. The van der Waals surface area contributed by atoms with E-state index in [-0.39, 0.29) is 12.2 Å². The van der Waals surface area contributed by atoms with E-state index in [9.17, 15) is 4.79 Å². The van der Waals surface area contributed by atoms with Crippen molar-refractivity contribution in [2.24, 2.45) is 0 Å². The average Bonchev–Trinajstić information content (AvgIpc) is 3.03. The van der Waals surface area contributed by atoms with Gasteiger partial charge < -0.3 is 4.98 Å². The summed E-state index contributed by atoms with van der Waals surface area (Å²) >= 11 is 6.14. The van der Waals surface area contributed by atoms with Gasteiger partial charge in [-0.15, -0.1) is 0 Å². The molecule has 0 radical (unpaired) electrons. The molecule has 0 fully saturated rings. The van der Waals surface area contributed by atoms with Gasteiger partial charge in [-0.25, -0.2) is 0 Å². The second-order valence-electron chi connectivity index (χ2n) is 6.23. The summed E-state index contributed by atoms with van der Waals surface area (Å²) in [5, 5.41) is 0.584. The van der Waals surface area contributed by atoms with Crippen LogP contribution in [-0.2, 0) is 11.4 Å². The Morgan fingerprint density at radius 1 is 1.08 bits per heavy atom. The number of nitrogens with one attached hydrogen (secondary N) is 2. The number of para-hydroxylation sites is 3. The number of hydrogen-bond acceptors (Lipinski definition) is 3. The molecule has 2 aromatic heterocycles. The van der Waals surface area contributed by atoms with Crippen molar-refractivity contribution in [1.82, 2.24) is 9.38 Å². The number of aromatic amines is 1. The monoisotopic (exact) mass is 367 g/mol. The maximum Gasteiger partial charge on any atom is 0.259 e. The van der Waals surface area contributed by atoms with Crippen LogP contribution < -0.4 is 11.0 Å². The van der Waals surface area contributed by atoms with Crippen LogP contribution in [0.2, 0.25) is 5.02 Å². The summed E-state index contributed by atoms with van der Waals surface area (Å²) in [6.45, 7) is 4.07. The maximum atomic E-state index is 12.8. The fourth-order valence-corrected chi connectivity index (χ4v) is 3.31. The fraction of sp³-hybridized carbons (Fsp3) is 0.150. The topological polar surface area (TPSA) is 58.5 Å². The number of fused-ring (bicyclic) bond motifs is 3. The van der Waals surface area contributed by atoms with Gasteiger partial charge in [-0.05, 0) is 43.7 Å². The van der Waals surface area contributed by atoms with Gasteiger partial charge in [-0.1, -0.05) is 35.9 Å². The summed E-state index contributed by atoms with van der Waals surface area (Å²) in [4.78, 5) is 21.8. The predicted octanol–water partition coefficient (Wildman–Crippen LogP) is 4.59. The molecule has 0 atom stereocenters. The number of hydrogen-bond donors (Lipinski definition) is 2. The number of halogens is 1. The fourth-order valence-electron chi connectivity index (χ4n) is 3.14. The third-order valence-electron chi connectivity index (χ3n) is 4.72. The molecule has 4 rings (SSSR count). The lowest BCUT2D eigenvalue weighted by Crippen LogP contribution is -2.19. The van der Waals surface area contributed by atoms with E-state index >= 15 is 0 Å². The first-order chi connectivity index (χ1) is 12.6. The van der Waals surface area contributed by atoms with Crippen LogP contribution in [0, 0.1) is 13.8 Å². The van der Waals surface area contributed by atoms with E-state index in [1.165, 1.54) is 0 Å². The number of pyridine rings is 1. The van der Waals surface area contributed by atoms with Crippen molar-refractivity contribution in [3.8, 4) is 0 Å². The van der Waals surface area contributed by atoms with Crippen molar-refractivity contribution in [2.45, 2.75) is 20.5 Å². The van der Waals surface area contributed by atoms with Crippen molar-refractivity contribution in [2.75, 3.05) is 5.48 Å². The predicted molar refractivity (Wildman–Crippen MR) is 105 cm³/mol. The first-order valence-corrected chi connectivity index (χ1v) is 8.69. The molecule has 0 spiro atoms. The second kappa shape index (κ2) is 6.52. The third-order valence-corrected chi connectivity index (χ3v) is 5.05. The molecule has 0 saturated heterocycles. The zero-order valence-electron chi connectivity index (χ0n) is 14.5. The van der Waals surface area contributed by atoms with Crippen LogP contribution in [0.1, 0.15) is 16.7 Å². The van der Waals surface area contributed by atoms with Crippen LogP contribution in [0.15, 0.2) is 53.3 Å². The van der Waals surface area contributed by atoms with Gasteiger partial charge in [0.1, 0.15) is 12.3 Å². The van der Waals surface area contributed by atoms with Gasteiger partial charge in [-0.3, -0.25) is 19.5 Å². The Morgan fingerprint density at radius 3 is 2.62 bits per heavy atom. The first-order valence-electron chi connectivity index (χ1n) is 8.31. The van der Waals surface area contributed by atoms with Crippen molar-refractivity contribution in [1.29, 1.82) is 0 Å². The van der Waals surface area contributed by atoms with Gasteiger partial charge in [-0.2, -0.15) is 0 Å². The van der Waals surface area contributed by atoms with E-state index in [2.05, 4.69) is 10.5 Å². The van der Waals surface area contributed by atoms with Crippen LogP contribution in [0.3, 0.4) is 0 Å². The Labute approximate surface area is 155 Å². The van der Waals surface area contributed by atoms with E-state index in [0.29, 0.717) is 16.3 Å². The molecule has 6 heteroatoms. The summed E-state index contributed by atoms with van der Waals surface area (Å²) in [6.07, 6.45) is 0. The summed E-state index contributed by atoms with van der Waals surface area (Å²) < 4.78 is 1.71. The van der Waals surface area contributed by atoms with E-state index in [4.69, 9.17) is 16.4 Å². The van der Waals surface area contributed by atoms with Crippen molar-refractivity contribution in [3.05, 3.63) is 80.6 Å². The summed E-state index contributed by atoms with van der Waals surface area (Å²) in [5.41, 5.74) is 8.65. The Morgan fingerprint density at radius 2 is 1.81 bits per heavy atom. The Bertz CT molecular complexity index is 1180. The lowest BCUT2D eigenvalue weighted by atomic mass is 10.1. The first kappa shape index (κ1) is 16.7. The molecule has 2 heterocycles. The lowest BCUT2D eigenvalue weighted by Gasteiger charge is -2.13. The smallest absolute Gasteiger partial charge is 0.259 e. The number of benzene rings is 2. The normalized spacial score (nSPS) is 11.3. The molecule has 2 aromatic carbocycles. The number of nitrogens with zero attached hydrogens (tertiary/aromatic N) is 1. The SMILES string of the molecule is Cc1c(C)c(=O)n2c([nH]c3ccccc32)c1CONc1ccccc1Cl. The second-order valence-corrected chi connectivity index (χ2v) is 6.64. The quantitative estimate of drug-likeness (QED) is 0.518. The number of H-pyrrole nitrogens is 1. The van der Waals surface area contributed by atoms with E-state index < -0.39 is 0 Å². The molecule has 0 aliphatic carbocycles. The highest BCUT2D eigenvalue weighted by atomic mass is 35.5. The van der Waals surface area contributed by atoms with E-state index in [1.54, 1.807) is 10.5 Å². The van der Waals surface area contributed by atoms with Gasteiger partial charge in [0.2, 0.25) is 0 Å². The molecule has 0 aliphatic rings. The molecular weight excluding hydrogens is 350 g/mol. The van der Waals surface area contributed by atoms with Gasteiger partial charge in [0.25, 0.3) is 5.56 Å². The molecular formula is C20H18ClN3O2. The van der Waals surface area contributed by atoms with Crippen molar-refractivity contribution >= 4 is 34.0 Å². The largest absolute Gasteiger partial charge is 0.339 e. The molecule has 0 bridgehead atoms. The van der Waals surface area contributed by atoms with Crippen LogP contribution >= 0.6 is 11.6 Å². The van der Waals surface area contributed by atoms with Gasteiger partial charge in [0, 0.05) is 11.1 Å². The lowest BCUT2D eigenvalue weighted by molar-refractivity contribution is 0.180. The van der Waals surface area contributed by atoms with Gasteiger partial charge in [0.05, 0.1) is 21.7 Å². The summed E-state index contributed by atoms with van der Waals surface area (Å²) in [5.74, 6) is 0. The average molecular weight is 368 g/mol. The Kier molecular flexibility index (Phi) is 4.18. The van der Waals surface area contributed by atoms with Crippen LogP contribution in [0.4, 0.5) is 5.69 Å². The molecule has 132 valence electrons. The minimum atomic E-state index is -0.0160. The van der Waals surface area contributed by atoms with Gasteiger partial charge in [0.15, 0.2) is 0 Å². The standard InChI is InChI=1S/C20H18ClN3O2/c1-12-13(2)20(25)24-18-10-6-5-9-17(18)22-19(24)14(12)11-26-23-16-8-4-3-7-15(16)21/h3-10,22-23H,11H2,1-2H3. The van der Waals surface area contributed by atoms with Crippen LogP contribution in [0.5, 0.6) is 0 Å². The minimum Gasteiger partial charge on any atom is -0.339 e. The summed E-state index contributed by atoms with van der Waals surface area (Å²) in [7, 11) is 0. The number of imidazole rings is 1. The summed E-state index contributed by atoms with van der Waals surface area (Å²) in [6, 6.07) is 15.1. The molecule has 4 aromatic rings. The molecule has 5 nitrogen and oxygen atoms in total. The van der Waals surface area contributed by atoms with Gasteiger partial charge >= 0.3 is 0 Å². The number of aromatic nitrogens is 2. The van der Waals surface area contributed by atoms with E-state index in [1.807, 2.05) is 56.3 Å². The zero-order chi connectivity index (χ0) is 18.3. The Balaban J connectivity index is 1.77.